The van der Waals surface area contributed by atoms with Crippen molar-refractivity contribution in [2.24, 2.45) is 0 Å². The third-order valence-electron chi connectivity index (χ3n) is 1.82. The fourth-order valence-electron chi connectivity index (χ4n) is 1.20. The molecule has 0 spiro atoms. The van der Waals surface area contributed by atoms with Crippen molar-refractivity contribution in [2.75, 3.05) is 0 Å². The predicted molar refractivity (Wildman–Crippen MR) is 49.7 cm³/mol. The number of nitro benzene ring substituents is 1. The minimum atomic E-state index is -3.31. The van der Waals surface area contributed by atoms with Crippen LogP contribution in [-0.4, -0.2) is 17.3 Å². The van der Waals surface area contributed by atoms with Gasteiger partial charge in [0.05, 0.1) is 22.6 Å². The Morgan fingerprint density at radius 3 is 2.47 bits per heavy atom. The zero-order valence-corrected chi connectivity index (χ0v) is 8.45. The van der Waals surface area contributed by atoms with Gasteiger partial charge in [0, 0.05) is 0 Å². The minimum absolute atomic E-state index is 0.467. The molecule has 0 aromatic heterocycles. The SMILES string of the molecule is CC(=O)c1c(F)cc([N+](=O)[O-])cc1OC(F)F. The van der Waals surface area contributed by atoms with Crippen molar-refractivity contribution in [1.82, 2.24) is 0 Å². The molecule has 17 heavy (non-hydrogen) atoms. The van der Waals surface area contributed by atoms with Crippen LogP contribution in [0.15, 0.2) is 12.1 Å². The van der Waals surface area contributed by atoms with Crippen molar-refractivity contribution >= 4 is 11.5 Å². The molecule has 0 amide bonds. The molecule has 1 aromatic rings. The summed E-state index contributed by atoms with van der Waals surface area (Å²) in [5.41, 5.74) is -1.51. The predicted octanol–water partition coefficient (Wildman–Crippen LogP) is 2.54. The van der Waals surface area contributed by atoms with E-state index in [0.717, 1.165) is 6.92 Å². The molecule has 92 valence electrons. The molecule has 1 rings (SSSR count). The van der Waals surface area contributed by atoms with Gasteiger partial charge in [-0.05, 0) is 6.92 Å². The van der Waals surface area contributed by atoms with Gasteiger partial charge in [-0.2, -0.15) is 8.78 Å². The molecule has 0 aliphatic carbocycles. The lowest BCUT2D eigenvalue weighted by atomic mass is 10.1. The van der Waals surface area contributed by atoms with Crippen molar-refractivity contribution in [3.8, 4) is 5.75 Å². The normalized spacial score (nSPS) is 10.4. The minimum Gasteiger partial charge on any atom is -0.434 e. The number of ether oxygens (including phenoxy) is 1. The lowest BCUT2D eigenvalue weighted by Gasteiger charge is -2.09. The van der Waals surface area contributed by atoms with Crippen LogP contribution in [0.25, 0.3) is 0 Å². The fraction of sp³-hybridized carbons (Fsp3) is 0.222. The lowest BCUT2D eigenvalue weighted by Crippen LogP contribution is -2.09. The lowest BCUT2D eigenvalue weighted by molar-refractivity contribution is -0.385. The highest BCUT2D eigenvalue weighted by Gasteiger charge is 2.22. The van der Waals surface area contributed by atoms with E-state index in [-0.39, 0.29) is 0 Å². The molecule has 0 saturated carbocycles. The van der Waals surface area contributed by atoms with E-state index in [9.17, 15) is 28.1 Å². The highest BCUT2D eigenvalue weighted by atomic mass is 19.3. The van der Waals surface area contributed by atoms with E-state index in [0.29, 0.717) is 12.1 Å². The van der Waals surface area contributed by atoms with Crippen molar-refractivity contribution in [1.29, 1.82) is 0 Å². The maximum atomic E-state index is 13.3. The van der Waals surface area contributed by atoms with Crippen LogP contribution in [0.2, 0.25) is 0 Å². The number of benzene rings is 1. The van der Waals surface area contributed by atoms with Gasteiger partial charge in [0.15, 0.2) is 5.78 Å². The maximum Gasteiger partial charge on any atom is 0.387 e. The number of non-ortho nitro benzene ring substituents is 1. The van der Waals surface area contributed by atoms with Crippen molar-refractivity contribution in [2.45, 2.75) is 13.5 Å². The number of alkyl halides is 2. The summed E-state index contributed by atoms with van der Waals surface area (Å²) in [5.74, 6) is -2.99. The van der Waals surface area contributed by atoms with Crippen LogP contribution >= 0.6 is 0 Å². The standard InChI is InChI=1S/C9H6F3NO4/c1-4(14)8-6(10)2-5(13(15)16)3-7(8)17-9(11)12/h2-3,9H,1H3. The molecular formula is C9H6F3NO4. The van der Waals surface area contributed by atoms with Gasteiger partial charge in [-0.25, -0.2) is 4.39 Å². The monoisotopic (exact) mass is 249 g/mol. The Hall–Kier alpha value is -2.12. The van der Waals surface area contributed by atoms with Crippen LogP contribution in [0.1, 0.15) is 17.3 Å². The number of nitro groups is 1. The third-order valence-corrected chi connectivity index (χ3v) is 1.82. The Balaban J connectivity index is 3.39. The second-order valence-corrected chi connectivity index (χ2v) is 2.99. The van der Waals surface area contributed by atoms with Gasteiger partial charge in [-0.1, -0.05) is 0 Å². The molecule has 0 bridgehead atoms. The van der Waals surface area contributed by atoms with Crippen LogP contribution in [0, 0.1) is 15.9 Å². The largest absolute Gasteiger partial charge is 0.434 e. The summed E-state index contributed by atoms with van der Waals surface area (Å²) in [6.45, 7) is -2.38. The molecule has 8 heteroatoms. The molecule has 0 N–H and O–H groups in total. The second kappa shape index (κ2) is 4.81. The summed E-state index contributed by atoms with van der Waals surface area (Å²) in [6.07, 6.45) is 0. The zero-order valence-electron chi connectivity index (χ0n) is 8.45. The summed E-state index contributed by atoms with van der Waals surface area (Å²) in [7, 11) is 0. The number of carbonyl (C=O) groups is 1. The molecule has 0 aliphatic heterocycles. The van der Waals surface area contributed by atoms with Crippen LogP contribution in [0.3, 0.4) is 0 Å². The Morgan fingerprint density at radius 1 is 1.47 bits per heavy atom. The van der Waals surface area contributed by atoms with Crippen LogP contribution in [0.4, 0.5) is 18.9 Å². The Labute approximate surface area is 93.0 Å². The molecule has 0 saturated heterocycles. The van der Waals surface area contributed by atoms with Gasteiger partial charge in [0.1, 0.15) is 11.6 Å². The van der Waals surface area contributed by atoms with E-state index in [1.165, 1.54) is 0 Å². The quantitative estimate of drug-likeness (QED) is 0.467. The van der Waals surface area contributed by atoms with Gasteiger partial charge in [-0.15, -0.1) is 0 Å². The van der Waals surface area contributed by atoms with E-state index < -0.39 is 40.1 Å². The van der Waals surface area contributed by atoms with E-state index >= 15 is 0 Å². The van der Waals surface area contributed by atoms with E-state index in [1.54, 1.807) is 0 Å². The average molecular weight is 249 g/mol. The van der Waals surface area contributed by atoms with E-state index in [4.69, 9.17) is 0 Å². The summed E-state index contributed by atoms with van der Waals surface area (Å²) in [6, 6.07) is 1.04. The average Bonchev–Trinajstić information content (AvgIpc) is 2.14. The number of Topliss-reactive ketones (excluding diaryl/α,β-unsaturated/α-hetero) is 1. The Bertz CT molecular complexity index is 476. The third kappa shape index (κ3) is 2.92. The molecule has 0 fully saturated rings. The van der Waals surface area contributed by atoms with Crippen molar-refractivity contribution in [3.05, 3.63) is 33.6 Å². The van der Waals surface area contributed by atoms with Gasteiger partial charge < -0.3 is 4.74 Å². The highest BCUT2D eigenvalue weighted by molar-refractivity contribution is 5.97. The summed E-state index contributed by atoms with van der Waals surface area (Å²) in [5, 5.41) is 10.4. The summed E-state index contributed by atoms with van der Waals surface area (Å²) < 4.78 is 41.2. The first-order valence-electron chi connectivity index (χ1n) is 4.26. The molecule has 0 aliphatic rings. The van der Waals surface area contributed by atoms with Crippen LogP contribution < -0.4 is 4.74 Å². The van der Waals surface area contributed by atoms with Gasteiger partial charge in [-0.3, -0.25) is 14.9 Å². The van der Waals surface area contributed by atoms with Gasteiger partial charge in [0.25, 0.3) is 5.69 Å². The second-order valence-electron chi connectivity index (χ2n) is 2.99. The van der Waals surface area contributed by atoms with Gasteiger partial charge in [0.2, 0.25) is 0 Å². The van der Waals surface area contributed by atoms with Crippen molar-refractivity contribution in [3.63, 3.8) is 0 Å². The number of carbonyl (C=O) groups excluding carboxylic acids is 1. The van der Waals surface area contributed by atoms with E-state index in [1.807, 2.05) is 0 Å². The highest BCUT2D eigenvalue weighted by Crippen LogP contribution is 2.29. The number of halogens is 3. The molecule has 0 radical (unpaired) electrons. The molecule has 5 nitrogen and oxygen atoms in total. The number of hydrogen-bond acceptors (Lipinski definition) is 4. The number of hydrogen-bond donors (Lipinski definition) is 0. The first kappa shape index (κ1) is 12.9. The number of rotatable bonds is 4. The summed E-state index contributed by atoms with van der Waals surface area (Å²) in [4.78, 5) is 20.4. The number of nitrogens with zero attached hydrogens (tertiary/aromatic N) is 1. The smallest absolute Gasteiger partial charge is 0.387 e. The molecule has 0 heterocycles. The first-order chi connectivity index (χ1) is 7.82. The molecule has 1 aromatic carbocycles. The Kier molecular flexibility index (Phi) is 3.66. The van der Waals surface area contributed by atoms with Crippen molar-refractivity contribution < 1.29 is 27.6 Å². The van der Waals surface area contributed by atoms with Gasteiger partial charge >= 0.3 is 6.61 Å². The molecule has 0 unspecified atom stereocenters. The fourth-order valence-corrected chi connectivity index (χ4v) is 1.20. The van der Waals surface area contributed by atoms with Crippen LogP contribution in [0.5, 0.6) is 5.75 Å². The first-order valence-corrected chi connectivity index (χ1v) is 4.26. The zero-order chi connectivity index (χ0) is 13.2. The number of ketones is 1. The Morgan fingerprint density at radius 2 is 2.06 bits per heavy atom. The maximum absolute atomic E-state index is 13.3. The van der Waals surface area contributed by atoms with Crippen LogP contribution in [-0.2, 0) is 0 Å². The molecule has 0 atom stereocenters. The van der Waals surface area contributed by atoms with E-state index in [2.05, 4.69) is 4.74 Å². The molecular weight excluding hydrogens is 243 g/mol. The summed E-state index contributed by atoms with van der Waals surface area (Å²) >= 11 is 0. The topological polar surface area (TPSA) is 69.4 Å².